The lowest BCUT2D eigenvalue weighted by atomic mass is 10.1. The zero-order chi connectivity index (χ0) is 20.0. The molecule has 0 unspecified atom stereocenters. The number of hydrogen-bond donors (Lipinski definition) is 1. The Morgan fingerprint density at radius 1 is 1.04 bits per heavy atom. The first-order valence-corrected chi connectivity index (χ1v) is 10.9. The summed E-state index contributed by atoms with van der Waals surface area (Å²) >= 11 is 0. The van der Waals surface area contributed by atoms with Crippen LogP contribution in [0, 0.1) is 11.8 Å². The van der Waals surface area contributed by atoms with Crippen molar-refractivity contribution in [3.63, 3.8) is 0 Å². The van der Waals surface area contributed by atoms with Crippen molar-refractivity contribution in [1.29, 1.82) is 0 Å². The normalized spacial score (nSPS) is 15.9. The molecular formula is C22H23NO4S. The Hall–Kier alpha value is -2.62. The van der Waals surface area contributed by atoms with Gasteiger partial charge in [-0.2, -0.15) is 0 Å². The SMILES string of the molecule is C[C@@H](C(=O)Nc1cccc(C#Cc2ccccc2)c1)S(=O)(=O)C1CCOCC1. The summed E-state index contributed by atoms with van der Waals surface area (Å²) in [6.45, 7) is 2.28. The summed E-state index contributed by atoms with van der Waals surface area (Å²) in [5.74, 6) is 5.59. The number of amides is 1. The van der Waals surface area contributed by atoms with Crippen LogP contribution >= 0.6 is 0 Å². The van der Waals surface area contributed by atoms with Gasteiger partial charge in [-0.1, -0.05) is 36.1 Å². The molecule has 0 spiro atoms. The molecule has 0 aromatic heterocycles. The lowest BCUT2D eigenvalue weighted by Crippen LogP contribution is -2.41. The minimum atomic E-state index is -3.56. The number of carbonyl (C=O) groups is 1. The Morgan fingerprint density at radius 2 is 1.68 bits per heavy atom. The number of anilines is 1. The highest BCUT2D eigenvalue weighted by atomic mass is 32.2. The molecule has 6 heteroatoms. The number of ether oxygens (including phenoxy) is 1. The van der Waals surface area contributed by atoms with Crippen LogP contribution in [0.5, 0.6) is 0 Å². The highest BCUT2D eigenvalue weighted by molar-refractivity contribution is 7.93. The third-order valence-corrected chi connectivity index (χ3v) is 7.35. The number of hydrogen-bond acceptors (Lipinski definition) is 4. The fourth-order valence-electron chi connectivity index (χ4n) is 3.03. The van der Waals surface area contributed by atoms with Crippen molar-refractivity contribution in [3.8, 4) is 11.8 Å². The van der Waals surface area contributed by atoms with Gasteiger partial charge in [-0.05, 0) is 50.1 Å². The molecular weight excluding hydrogens is 374 g/mol. The summed E-state index contributed by atoms with van der Waals surface area (Å²) in [4.78, 5) is 12.5. The summed E-state index contributed by atoms with van der Waals surface area (Å²) in [5, 5.41) is 1.07. The number of carbonyl (C=O) groups excluding carboxylic acids is 1. The van der Waals surface area contributed by atoms with Gasteiger partial charge in [0, 0.05) is 30.0 Å². The van der Waals surface area contributed by atoms with Crippen molar-refractivity contribution < 1.29 is 17.9 Å². The zero-order valence-corrected chi connectivity index (χ0v) is 16.5. The molecule has 0 saturated carbocycles. The van der Waals surface area contributed by atoms with Crippen LogP contribution in [0.1, 0.15) is 30.9 Å². The van der Waals surface area contributed by atoms with E-state index in [1.54, 1.807) is 18.2 Å². The van der Waals surface area contributed by atoms with Gasteiger partial charge >= 0.3 is 0 Å². The number of rotatable bonds is 4. The first-order valence-electron chi connectivity index (χ1n) is 9.25. The van der Waals surface area contributed by atoms with Crippen LogP contribution in [0.4, 0.5) is 5.69 Å². The second-order valence-corrected chi connectivity index (χ2v) is 9.28. The molecule has 1 heterocycles. The van der Waals surface area contributed by atoms with Crippen LogP contribution in [0.15, 0.2) is 54.6 Å². The highest BCUT2D eigenvalue weighted by Gasteiger charge is 2.36. The molecule has 146 valence electrons. The summed E-state index contributed by atoms with van der Waals surface area (Å²) < 4.78 is 30.6. The molecule has 2 aromatic carbocycles. The molecule has 0 radical (unpaired) electrons. The largest absolute Gasteiger partial charge is 0.381 e. The molecule has 1 N–H and O–H groups in total. The maximum atomic E-state index is 12.7. The van der Waals surface area contributed by atoms with E-state index in [1.165, 1.54) is 6.92 Å². The smallest absolute Gasteiger partial charge is 0.242 e. The standard InChI is InChI=1S/C22H23NO4S/c1-17(28(25,26)21-12-14-27-15-13-21)22(24)23-20-9-5-8-19(16-20)11-10-18-6-3-2-4-7-18/h2-9,16-17,21H,12-15H2,1H3,(H,23,24)/t17-/m0/s1. The summed E-state index contributed by atoms with van der Waals surface area (Å²) in [6, 6.07) is 16.7. The number of benzene rings is 2. The Balaban J connectivity index is 1.69. The fraction of sp³-hybridized carbons (Fsp3) is 0.318. The van der Waals surface area contributed by atoms with Crippen LogP contribution < -0.4 is 5.32 Å². The van der Waals surface area contributed by atoms with Crippen LogP contribution in [0.25, 0.3) is 0 Å². The van der Waals surface area contributed by atoms with E-state index < -0.39 is 26.2 Å². The van der Waals surface area contributed by atoms with Crippen LogP contribution in [-0.2, 0) is 19.4 Å². The summed E-state index contributed by atoms with van der Waals surface area (Å²) in [7, 11) is -3.56. The van der Waals surface area contributed by atoms with Gasteiger partial charge in [0.25, 0.3) is 0 Å². The molecule has 1 fully saturated rings. The van der Waals surface area contributed by atoms with Gasteiger partial charge in [-0.3, -0.25) is 4.79 Å². The third-order valence-electron chi connectivity index (χ3n) is 4.75. The van der Waals surface area contributed by atoms with Gasteiger partial charge in [0.05, 0.1) is 5.25 Å². The molecule has 1 aliphatic heterocycles. The van der Waals surface area contributed by atoms with Crippen LogP contribution in [0.2, 0.25) is 0 Å². The Morgan fingerprint density at radius 3 is 2.39 bits per heavy atom. The van der Waals surface area contributed by atoms with E-state index in [2.05, 4.69) is 17.2 Å². The van der Waals surface area contributed by atoms with Crippen molar-refractivity contribution in [3.05, 3.63) is 65.7 Å². The minimum absolute atomic E-state index is 0.417. The quantitative estimate of drug-likeness (QED) is 0.805. The Bertz CT molecular complexity index is 984. The highest BCUT2D eigenvalue weighted by Crippen LogP contribution is 2.21. The van der Waals surface area contributed by atoms with E-state index in [0.717, 1.165) is 11.1 Å². The molecule has 28 heavy (non-hydrogen) atoms. The summed E-state index contributed by atoms with van der Waals surface area (Å²) in [5.41, 5.74) is 2.16. The van der Waals surface area contributed by atoms with Crippen molar-refractivity contribution in [2.45, 2.75) is 30.3 Å². The lowest BCUT2D eigenvalue weighted by Gasteiger charge is -2.25. The molecule has 0 aliphatic carbocycles. The van der Waals surface area contributed by atoms with Crippen molar-refractivity contribution in [2.75, 3.05) is 18.5 Å². The van der Waals surface area contributed by atoms with Gasteiger partial charge in [0.2, 0.25) is 5.91 Å². The van der Waals surface area contributed by atoms with E-state index in [1.807, 2.05) is 36.4 Å². The van der Waals surface area contributed by atoms with Crippen molar-refractivity contribution in [1.82, 2.24) is 0 Å². The molecule has 1 aliphatic rings. The maximum Gasteiger partial charge on any atom is 0.242 e. The second kappa shape index (κ2) is 9.05. The van der Waals surface area contributed by atoms with Crippen molar-refractivity contribution >= 4 is 21.4 Å². The number of sulfone groups is 1. The van der Waals surface area contributed by atoms with E-state index >= 15 is 0 Å². The first kappa shape index (κ1) is 20.1. The van der Waals surface area contributed by atoms with Crippen LogP contribution in [0.3, 0.4) is 0 Å². The van der Waals surface area contributed by atoms with E-state index in [4.69, 9.17) is 4.74 Å². The molecule has 0 bridgehead atoms. The lowest BCUT2D eigenvalue weighted by molar-refractivity contribution is -0.115. The first-order chi connectivity index (χ1) is 13.5. The maximum absolute atomic E-state index is 12.7. The van der Waals surface area contributed by atoms with E-state index in [9.17, 15) is 13.2 Å². The topological polar surface area (TPSA) is 72.5 Å². The molecule has 2 aromatic rings. The fourth-order valence-corrected chi connectivity index (χ4v) is 4.81. The second-order valence-electron chi connectivity index (χ2n) is 6.73. The average Bonchev–Trinajstić information content (AvgIpc) is 2.73. The molecule has 1 saturated heterocycles. The van der Waals surface area contributed by atoms with Crippen LogP contribution in [-0.4, -0.2) is 38.0 Å². The predicted octanol–water partition coefficient (Wildman–Crippen LogP) is 3.01. The van der Waals surface area contributed by atoms with Crippen molar-refractivity contribution in [2.24, 2.45) is 0 Å². The molecule has 1 atom stereocenters. The Kier molecular flexibility index (Phi) is 6.50. The third kappa shape index (κ3) is 5.00. The predicted molar refractivity (Wildman–Crippen MR) is 110 cm³/mol. The van der Waals surface area contributed by atoms with Gasteiger partial charge in [0.1, 0.15) is 5.25 Å². The van der Waals surface area contributed by atoms with Gasteiger partial charge < -0.3 is 10.1 Å². The molecule has 1 amide bonds. The average molecular weight is 397 g/mol. The zero-order valence-electron chi connectivity index (χ0n) is 15.7. The summed E-state index contributed by atoms with van der Waals surface area (Å²) in [6.07, 6.45) is 0.870. The minimum Gasteiger partial charge on any atom is -0.381 e. The van der Waals surface area contributed by atoms with Gasteiger partial charge in [0.15, 0.2) is 9.84 Å². The van der Waals surface area contributed by atoms with Gasteiger partial charge in [-0.15, -0.1) is 0 Å². The molecule has 3 rings (SSSR count). The molecule has 5 nitrogen and oxygen atoms in total. The number of nitrogens with one attached hydrogen (secondary N) is 1. The van der Waals surface area contributed by atoms with Gasteiger partial charge in [-0.25, -0.2) is 8.42 Å². The van der Waals surface area contributed by atoms with E-state index in [0.29, 0.717) is 31.7 Å². The monoisotopic (exact) mass is 397 g/mol. The Labute approximate surface area is 166 Å². The van der Waals surface area contributed by atoms with E-state index in [-0.39, 0.29) is 0 Å².